The van der Waals surface area contributed by atoms with Gasteiger partial charge in [-0.2, -0.15) is 0 Å². The van der Waals surface area contributed by atoms with Gasteiger partial charge in [0.1, 0.15) is 0 Å². The fourth-order valence-electron chi connectivity index (χ4n) is 4.91. The van der Waals surface area contributed by atoms with Gasteiger partial charge in [-0.3, -0.25) is 4.79 Å². The standard InChI is InChI=1S/C28H28N2O6S.H2/c31-27(28(12-13-28)21-8-11-25-26(16-21)36-18-35-25)30-22-4-1-3-20(15-22)19-6-9-24(10-7-19)37(32,33)29-17-23-5-2-14-34-23;/h1,3-4,6-11,15-16,23,29H,2,5,12-14,17-18H2,(H,30,31);1H/t23-;/m1./s1. The third-order valence-electron chi connectivity index (χ3n) is 7.25. The highest BCUT2D eigenvalue weighted by Crippen LogP contribution is 2.51. The van der Waals surface area contributed by atoms with Crippen LogP contribution >= 0.6 is 0 Å². The Balaban J connectivity index is 0.00000294. The number of amides is 1. The summed E-state index contributed by atoms with van der Waals surface area (Å²) in [6.45, 7) is 1.16. The molecular formula is C28H30N2O6S. The molecule has 9 heteroatoms. The predicted molar refractivity (Wildman–Crippen MR) is 140 cm³/mol. The second kappa shape index (κ2) is 9.48. The van der Waals surface area contributed by atoms with Gasteiger partial charge in [-0.15, -0.1) is 0 Å². The molecule has 0 aromatic heterocycles. The van der Waals surface area contributed by atoms with E-state index in [1.807, 2.05) is 42.5 Å². The van der Waals surface area contributed by atoms with Crippen molar-refractivity contribution in [3.63, 3.8) is 0 Å². The zero-order chi connectivity index (χ0) is 25.5. The average Bonchev–Trinajstić information content (AvgIpc) is 3.31. The molecule has 1 saturated heterocycles. The van der Waals surface area contributed by atoms with Gasteiger partial charge < -0.3 is 19.5 Å². The normalized spacial score (nSPS) is 19.5. The largest absolute Gasteiger partial charge is 0.454 e. The molecule has 2 N–H and O–H groups in total. The Bertz CT molecular complexity index is 1430. The lowest BCUT2D eigenvalue weighted by molar-refractivity contribution is -0.118. The molecule has 194 valence electrons. The van der Waals surface area contributed by atoms with E-state index in [-0.39, 0.29) is 31.7 Å². The maximum atomic E-state index is 13.3. The van der Waals surface area contributed by atoms with E-state index in [9.17, 15) is 13.2 Å². The number of rotatable bonds is 8. The zero-order valence-corrected chi connectivity index (χ0v) is 21.1. The number of sulfonamides is 1. The van der Waals surface area contributed by atoms with Crippen molar-refractivity contribution >= 4 is 21.6 Å². The Morgan fingerprint density at radius 1 is 0.973 bits per heavy atom. The molecule has 1 atom stereocenters. The number of nitrogens with one attached hydrogen (secondary N) is 2. The maximum Gasteiger partial charge on any atom is 0.240 e. The van der Waals surface area contributed by atoms with Crippen molar-refractivity contribution in [3.8, 4) is 22.6 Å². The number of carbonyl (C=O) groups is 1. The fourth-order valence-corrected chi connectivity index (χ4v) is 5.98. The van der Waals surface area contributed by atoms with Crippen LogP contribution in [-0.2, 0) is 25.0 Å². The van der Waals surface area contributed by atoms with E-state index in [4.69, 9.17) is 14.2 Å². The molecular weight excluding hydrogens is 492 g/mol. The van der Waals surface area contributed by atoms with Crippen LogP contribution in [0.2, 0.25) is 0 Å². The molecule has 0 unspecified atom stereocenters. The number of ether oxygens (including phenoxy) is 3. The molecule has 1 amide bonds. The van der Waals surface area contributed by atoms with Gasteiger partial charge in [-0.05, 0) is 78.8 Å². The van der Waals surface area contributed by atoms with Crippen LogP contribution in [0.4, 0.5) is 5.69 Å². The first-order valence-corrected chi connectivity index (χ1v) is 13.9. The lowest BCUT2D eigenvalue weighted by Crippen LogP contribution is -2.31. The Morgan fingerprint density at radius 3 is 2.54 bits per heavy atom. The number of benzene rings is 3. The minimum atomic E-state index is -3.61. The average molecular weight is 523 g/mol. The van der Waals surface area contributed by atoms with E-state index in [1.165, 1.54) is 0 Å². The molecule has 3 aromatic rings. The Labute approximate surface area is 217 Å². The smallest absolute Gasteiger partial charge is 0.240 e. The van der Waals surface area contributed by atoms with Crippen LogP contribution in [0.5, 0.6) is 11.5 Å². The molecule has 2 heterocycles. The van der Waals surface area contributed by atoms with E-state index in [2.05, 4.69) is 10.0 Å². The summed E-state index contributed by atoms with van der Waals surface area (Å²) in [6, 6.07) is 20.0. The lowest BCUT2D eigenvalue weighted by Gasteiger charge is -2.17. The Hall–Kier alpha value is -3.40. The topological polar surface area (TPSA) is 103 Å². The third-order valence-corrected chi connectivity index (χ3v) is 8.69. The summed E-state index contributed by atoms with van der Waals surface area (Å²) in [4.78, 5) is 13.5. The number of anilines is 1. The van der Waals surface area contributed by atoms with Crippen molar-refractivity contribution in [1.29, 1.82) is 0 Å². The van der Waals surface area contributed by atoms with Crippen molar-refractivity contribution in [1.82, 2.24) is 4.72 Å². The second-order valence-corrected chi connectivity index (χ2v) is 11.5. The van der Waals surface area contributed by atoms with Gasteiger partial charge >= 0.3 is 0 Å². The van der Waals surface area contributed by atoms with E-state index in [0.29, 0.717) is 23.8 Å². The van der Waals surface area contributed by atoms with Gasteiger partial charge in [0.15, 0.2) is 11.5 Å². The molecule has 2 aliphatic heterocycles. The highest BCUT2D eigenvalue weighted by molar-refractivity contribution is 7.89. The number of hydrogen-bond acceptors (Lipinski definition) is 6. The zero-order valence-electron chi connectivity index (χ0n) is 20.2. The van der Waals surface area contributed by atoms with Gasteiger partial charge in [0, 0.05) is 20.3 Å². The van der Waals surface area contributed by atoms with E-state index >= 15 is 0 Å². The summed E-state index contributed by atoms with van der Waals surface area (Å²) < 4.78 is 44.3. The van der Waals surface area contributed by atoms with Crippen molar-refractivity contribution in [3.05, 3.63) is 72.3 Å². The minimum Gasteiger partial charge on any atom is -0.454 e. The van der Waals surface area contributed by atoms with Crippen LogP contribution in [0, 0.1) is 0 Å². The molecule has 8 nitrogen and oxygen atoms in total. The molecule has 0 spiro atoms. The number of carbonyl (C=O) groups excluding carboxylic acids is 1. The summed E-state index contributed by atoms with van der Waals surface area (Å²) in [5.74, 6) is 1.32. The first kappa shape index (κ1) is 24.0. The van der Waals surface area contributed by atoms with Crippen LogP contribution in [0.1, 0.15) is 32.7 Å². The molecule has 0 radical (unpaired) electrons. The van der Waals surface area contributed by atoms with Crippen LogP contribution in [0.15, 0.2) is 71.6 Å². The SMILES string of the molecule is O=C(Nc1cccc(-c2ccc(S(=O)(=O)NC[C@H]3CCCO3)cc2)c1)C1(c2ccc3c(c2)OCO3)CC1.[HH]. The van der Waals surface area contributed by atoms with Gasteiger partial charge in [0.05, 0.1) is 16.4 Å². The highest BCUT2D eigenvalue weighted by Gasteiger charge is 2.51. The van der Waals surface area contributed by atoms with Crippen molar-refractivity contribution in [2.24, 2.45) is 0 Å². The maximum absolute atomic E-state index is 13.3. The summed E-state index contributed by atoms with van der Waals surface area (Å²) in [7, 11) is -3.61. The molecule has 37 heavy (non-hydrogen) atoms. The lowest BCUT2D eigenvalue weighted by atomic mass is 9.94. The van der Waals surface area contributed by atoms with Gasteiger partial charge in [0.25, 0.3) is 0 Å². The number of fused-ring (bicyclic) bond motifs is 1. The van der Waals surface area contributed by atoms with Crippen molar-refractivity contribution in [2.75, 3.05) is 25.3 Å². The molecule has 2 fully saturated rings. The summed E-state index contributed by atoms with van der Waals surface area (Å²) in [5.41, 5.74) is 2.77. The Kier molecular flexibility index (Phi) is 6.14. The Morgan fingerprint density at radius 2 is 1.78 bits per heavy atom. The number of hydrogen-bond donors (Lipinski definition) is 2. The molecule has 3 aliphatic rings. The van der Waals surface area contributed by atoms with Crippen LogP contribution < -0.4 is 19.5 Å². The van der Waals surface area contributed by atoms with Crippen LogP contribution in [0.3, 0.4) is 0 Å². The van der Waals surface area contributed by atoms with Gasteiger partial charge in [0.2, 0.25) is 22.7 Å². The molecule has 1 aliphatic carbocycles. The predicted octanol–water partition coefficient (Wildman–Crippen LogP) is 4.46. The minimum absolute atomic E-state index is 0. The van der Waals surface area contributed by atoms with E-state index < -0.39 is 15.4 Å². The molecule has 3 aromatic carbocycles. The van der Waals surface area contributed by atoms with Crippen molar-refractivity contribution in [2.45, 2.75) is 42.1 Å². The van der Waals surface area contributed by atoms with Crippen LogP contribution in [-0.4, -0.2) is 40.4 Å². The fraction of sp³-hybridized carbons (Fsp3) is 0.321. The van der Waals surface area contributed by atoms with Crippen molar-refractivity contribution < 1.29 is 28.8 Å². The summed E-state index contributed by atoms with van der Waals surface area (Å²) >= 11 is 0. The monoisotopic (exact) mass is 522 g/mol. The first-order valence-electron chi connectivity index (χ1n) is 12.5. The molecule has 0 bridgehead atoms. The first-order chi connectivity index (χ1) is 17.9. The van der Waals surface area contributed by atoms with Gasteiger partial charge in [-0.1, -0.05) is 30.3 Å². The molecule has 6 rings (SSSR count). The van der Waals surface area contributed by atoms with Gasteiger partial charge in [-0.25, -0.2) is 13.1 Å². The van der Waals surface area contributed by atoms with E-state index in [0.717, 1.165) is 42.4 Å². The third kappa shape index (κ3) is 4.82. The second-order valence-electron chi connectivity index (χ2n) is 9.70. The quantitative estimate of drug-likeness (QED) is 0.453. The molecule has 1 saturated carbocycles. The summed E-state index contributed by atoms with van der Waals surface area (Å²) in [5, 5.41) is 3.07. The highest BCUT2D eigenvalue weighted by atomic mass is 32.2. The van der Waals surface area contributed by atoms with Crippen LogP contribution in [0.25, 0.3) is 11.1 Å². The summed E-state index contributed by atoms with van der Waals surface area (Å²) in [6.07, 6.45) is 3.31. The van der Waals surface area contributed by atoms with E-state index in [1.54, 1.807) is 24.3 Å².